The molecule has 92 valence electrons. The number of rotatable bonds is 2. The Kier molecular flexibility index (Phi) is 3.03. The summed E-state index contributed by atoms with van der Waals surface area (Å²) < 4.78 is 0.981. The summed E-state index contributed by atoms with van der Waals surface area (Å²) in [7, 11) is 0. The highest BCUT2D eigenvalue weighted by molar-refractivity contribution is 9.10. The molecule has 0 saturated carbocycles. The van der Waals surface area contributed by atoms with Gasteiger partial charge in [0, 0.05) is 17.6 Å². The second kappa shape index (κ2) is 4.22. The van der Waals surface area contributed by atoms with Gasteiger partial charge in [0.15, 0.2) is 0 Å². The Balaban J connectivity index is 2.26. The minimum Gasteiger partial charge on any atom is -0.397 e. The Morgan fingerprint density at radius 1 is 1.53 bits per heavy atom. The highest BCUT2D eigenvalue weighted by Gasteiger charge is 2.39. The maximum absolute atomic E-state index is 11.4. The number of carbonyl (C=O) groups excluding carboxylic acids is 1. The van der Waals surface area contributed by atoms with Crippen LogP contribution in [0.15, 0.2) is 22.7 Å². The largest absolute Gasteiger partial charge is 0.397 e. The molecule has 0 aliphatic carbocycles. The van der Waals surface area contributed by atoms with Crippen molar-refractivity contribution < 1.29 is 4.79 Å². The van der Waals surface area contributed by atoms with Crippen LogP contribution >= 0.6 is 15.9 Å². The summed E-state index contributed by atoms with van der Waals surface area (Å²) >= 11 is 3.43. The molecule has 0 spiro atoms. The van der Waals surface area contributed by atoms with Gasteiger partial charge < -0.3 is 16.4 Å². The maximum Gasteiger partial charge on any atom is 0.225 e. The van der Waals surface area contributed by atoms with E-state index in [0.717, 1.165) is 28.8 Å². The first-order valence-electron chi connectivity index (χ1n) is 5.52. The molecule has 0 aromatic heterocycles. The molecule has 2 rings (SSSR count). The lowest BCUT2D eigenvalue weighted by Gasteiger charge is -2.23. The van der Waals surface area contributed by atoms with Crippen molar-refractivity contribution in [3.8, 4) is 0 Å². The van der Waals surface area contributed by atoms with Crippen LogP contribution in [0.4, 0.5) is 11.4 Å². The Hall–Kier alpha value is -1.23. The van der Waals surface area contributed by atoms with Crippen molar-refractivity contribution in [1.82, 2.24) is 0 Å². The predicted molar refractivity (Wildman–Crippen MR) is 72.7 cm³/mol. The summed E-state index contributed by atoms with van der Waals surface area (Å²) in [5.41, 5.74) is 12.6. The van der Waals surface area contributed by atoms with Crippen LogP contribution in [-0.4, -0.2) is 19.0 Å². The standard InChI is InChI=1S/C12H16BrN3O/c1-12(11(15)17)4-5-16(7-12)10-6-8(13)2-3-9(10)14/h2-3,6H,4-5,7,14H2,1H3,(H2,15,17). The van der Waals surface area contributed by atoms with Gasteiger partial charge in [-0.05, 0) is 31.5 Å². The summed E-state index contributed by atoms with van der Waals surface area (Å²) in [5.74, 6) is -0.242. The van der Waals surface area contributed by atoms with Crippen LogP contribution in [0.3, 0.4) is 0 Å². The van der Waals surface area contributed by atoms with Crippen LogP contribution in [0.25, 0.3) is 0 Å². The van der Waals surface area contributed by atoms with Crippen molar-refractivity contribution in [3.05, 3.63) is 22.7 Å². The van der Waals surface area contributed by atoms with Crippen molar-refractivity contribution >= 4 is 33.2 Å². The van der Waals surface area contributed by atoms with Crippen molar-refractivity contribution in [3.63, 3.8) is 0 Å². The van der Waals surface area contributed by atoms with Gasteiger partial charge in [-0.25, -0.2) is 0 Å². The first kappa shape index (κ1) is 12.2. The van der Waals surface area contributed by atoms with Crippen LogP contribution in [-0.2, 0) is 4.79 Å². The van der Waals surface area contributed by atoms with E-state index in [1.54, 1.807) is 0 Å². The van der Waals surface area contributed by atoms with E-state index in [9.17, 15) is 4.79 Å². The molecule has 1 atom stereocenters. The fourth-order valence-electron chi connectivity index (χ4n) is 2.16. The topological polar surface area (TPSA) is 72.4 Å². The van der Waals surface area contributed by atoms with Crippen molar-refractivity contribution in [1.29, 1.82) is 0 Å². The monoisotopic (exact) mass is 297 g/mol. The Bertz CT molecular complexity index is 463. The van der Waals surface area contributed by atoms with Gasteiger partial charge in [0.1, 0.15) is 0 Å². The molecule has 4 N–H and O–H groups in total. The molecule has 0 radical (unpaired) electrons. The number of hydrogen-bond donors (Lipinski definition) is 2. The van der Waals surface area contributed by atoms with Gasteiger partial charge in [-0.2, -0.15) is 0 Å². The molecule has 1 aromatic rings. The molecular weight excluding hydrogens is 282 g/mol. The summed E-state index contributed by atoms with van der Waals surface area (Å²) in [4.78, 5) is 13.5. The third kappa shape index (κ3) is 2.24. The number of primary amides is 1. The van der Waals surface area contributed by atoms with Gasteiger partial charge >= 0.3 is 0 Å². The molecule has 1 unspecified atom stereocenters. The minimum atomic E-state index is -0.450. The average molecular weight is 298 g/mol. The summed E-state index contributed by atoms with van der Waals surface area (Å²) in [6.07, 6.45) is 0.772. The third-order valence-corrected chi connectivity index (χ3v) is 3.89. The quantitative estimate of drug-likeness (QED) is 0.817. The summed E-state index contributed by atoms with van der Waals surface area (Å²) in [6.45, 7) is 3.34. The Labute approximate surface area is 109 Å². The van der Waals surface area contributed by atoms with E-state index in [0.29, 0.717) is 6.54 Å². The molecule has 1 aliphatic heterocycles. The van der Waals surface area contributed by atoms with Gasteiger partial charge in [0.2, 0.25) is 5.91 Å². The molecule has 1 amide bonds. The lowest BCUT2D eigenvalue weighted by molar-refractivity contribution is -0.125. The van der Waals surface area contributed by atoms with Crippen molar-refractivity contribution in [2.75, 3.05) is 23.7 Å². The number of hydrogen-bond acceptors (Lipinski definition) is 3. The second-order valence-electron chi connectivity index (χ2n) is 4.80. The zero-order valence-electron chi connectivity index (χ0n) is 9.74. The van der Waals surface area contributed by atoms with E-state index >= 15 is 0 Å². The van der Waals surface area contributed by atoms with E-state index < -0.39 is 5.41 Å². The molecule has 1 aromatic carbocycles. The zero-order chi connectivity index (χ0) is 12.6. The predicted octanol–water partition coefficient (Wildman–Crippen LogP) is 1.73. The molecule has 17 heavy (non-hydrogen) atoms. The first-order valence-corrected chi connectivity index (χ1v) is 6.31. The first-order chi connectivity index (χ1) is 7.92. The van der Waals surface area contributed by atoms with Gasteiger partial charge in [-0.15, -0.1) is 0 Å². The van der Waals surface area contributed by atoms with Crippen molar-refractivity contribution in [2.24, 2.45) is 11.1 Å². The molecule has 1 saturated heterocycles. The van der Waals surface area contributed by atoms with Crippen molar-refractivity contribution in [2.45, 2.75) is 13.3 Å². The lowest BCUT2D eigenvalue weighted by atomic mass is 9.89. The van der Waals surface area contributed by atoms with Crippen LogP contribution in [0.1, 0.15) is 13.3 Å². The molecule has 5 heteroatoms. The van der Waals surface area contributed by atoms with Gasteiger partial charge in [0.25, 0.3) is 0 Å². The fourth-order valence-corrected chi connectivity index (χ4v) is 2.51. The Morgan fingerprint density at radius 3 is 2.82 bits per heavy atom. The number of nitrogens with zero attached hydrogens (tertiary/aromatic N) is 1. The molecule has 4 nitrogen and oxygen atoms in total. The molecule has 0 bridgehead atoms. The van der Waals surface area contributed by atoms with Gasteiger partial charge in [-0.1, -0.05) is 15.9 Å². The second-order valence-corrected chi connectivity index (χ2v) is 5.72. The lowest BCUT2D eigenvalue weighted by Crippen LogP contribution is -2.37. The fraction of sp³-hybridized carbons (Fsp3) is 0.417. The normalized spacial score (nSPS) is 24.0. The highest BCUT2D eigenvalue weighted by Crippen LogP contribution is 2.36. The number of nitrogen functional groups attached to an aromatic ring is 1. The number of halogens is 1. The van der Waals surface area contributed by atoms with E-state index in [4.69, 9.17) is 11.5 Å². The van der Waals surface area contributed by atoms with Gasteiger partial charge in [0.05, 0.1) is 16.8 Å². The smallest absolute Gasteiger partial charge is 0.225 e. The van der Waals surface area contributed by atoms with E-state index in [1.807, 2.05) is 25.1 Å². The maximum atomic E-state index is 11.4. The van der Waals surface area contributed by atoms with Crippen LogP contribution in [0, 0.1) is 5.41 Å². The number of nitrogens with two attached hydrogens (primary N) is 2. The minimum absolute atomic E-state index is 0.242. The Morgan fingerprint density at radius 2 is 2.24 bits per heavy atom. The summed E-state index contributed by atoms with van der Waals surface area (Å²) in [5, 5.41) is 0. The van der Waals surface area contributed by atoms with E-state index in [1.165, 1.54) is 0 Å². The van der Waals surface area contributed by atoms with Gasteiger partial charge in [-0.3, -0.25) is 4.79 Å². The molecule has 1 fully saturated rings. The number of carbonyl (C=O) groups is 1. The third-order valence-electron chi connectivity index (χ3n) is 3.40. The zero-order valence-corrected chi connectivity index (χ0v) is 11.3. The van der Waals surface area contributed by atoms with Crippen LogP contribution in [0.5, 0.6) is 0 Å². The molecule has 1 aliphatic rings. The van der Waals surface area contributed by atoms with Crippen LogP contribution < -0.4 is 16.4 Å². The average Bonchev–Trinajstić information content (AvgIpc) is 2.66. The van der Waals surface area contributed by atoms with Crippen LogP contribution in [0.2, 0.25) is 0 Å². The number of anilines is 2. The van der Waals surface area contributed by atoms with E-state index in [-0.39, 0.29) is 5.91 Å². The number of amides is 1. The summed E-state index contributed by atoms with van der Waals surface area (Å²) in [6, 6.07) is 5.74. The molecule has 1 heterocycles. The van der Waals surface area contributed by atoms with E-state index in [2.05, 4.69) is 20.8 Å². The SMILES string of the molecule is CC1(C(N)=O)CCN(c2cc(Br)ccc2N)C1. The number of benzene rings is 1. The molecular formula is C12H16BrN3O. The highest BCUT2D eigenvalue weighted by atomic mass is 79.9.